The second kappa shape index (κ2) is 8.65. The fourth-order valence-electron chi connectivity index (χ4n) is 0.757. The van der Waals surface area contributed by atoms with Crippen LogP contribution in [0.5, 0.6) is 0 Å². The molecule has 0 saturated carbocycles. The number of hydrogen-bond donors (Lipinski definition) is 1. The van der Waals surface area contributed by atoms with Crippen molar-refractivity contribution in [2.75, 3.05) is 41.3 Å². The van der Waals surface area contributed by atoms with Crippen LogP contribution in [0.15, 0.2) is 0 Å². The van der Waals surface area contributed by atoms with Gasteiger partial charge in [0.25, 0.3) is 0 Å². The van der Waals surface area contributed by atoms with Crippen molar-refractivity contribution in [2.24, 2.45) is 5.73 Å². The summed E-state index contributed by atoms with van der Waals surface area (Å²) < 4.78 is 0. The van der Waals surface area contributed by atoms with E-state index in [1.54, 1.807) is 25.9 Å². The number of ketones is 1. The zero-order chi connectivity index (χ0) is 11.7. The van der Waals surface area contributed by atoms with Gasteiger partial charge in [-0.05, 0) is 35.1 Å². The Morgan fingerprint density at radius 3 is 1.36 bits per heavy atom. The van der Waals surface area contributed by atoms with Gasteiger partial charge in [-0.25, -0.2) is 0 Å². The average molecular weight is 203 g/mol. The van der Waals surface area contributed by atoms with Crippen LogP contribution in [0.4, 0.5) is 0 Å². The highest BCUT2D eigenvalue weighted by Gasteiger charge is 1.92. The molecule has 0 aliphatic carbocycles. The van der Waals surface area contributed by atoms with Gasteiger partial charge < -0.3 is 15.5 Å². The molecule has 5 nitrogen and oxygen atoms in total. The van der Waals surface area contributed by atoms with E-state index in [-0.39, 0.29) is 11.7 Å². The number of rotatable bonds is 4. The van der Waals surface area contributed by atoms with Crippen LogP contribution in [-0.4, -0.2) is 62.8 Å². The summed E-state index contributed by atoms with van der Waals surface area (Å²) in [5.74, 6) is -0.0741. The lowest BCUT2D eigenvalue weighted by molar-refractivity contribution is -0.119. The second-order valence-electron chi connectivity index (χ2n) is 3.64. The third kappa shape index (κ3) is 22.5. The quantitative estimate of drug-likeness (QED) is 0.647. The average Bonchev–Trinajstić information content (AvgIpc) is 1.79. The first-order valence-electron chi connectivity index (χ1n) is 4.33. The Hall–Kier alpha value is -0.940. The Balaban J connectivity index is 0. The van der Waals surface area contributed by atoms with Crippen molar-refractivity contribution in [1.29, 1.82) is 0 Å². The fourth-order valence-corrected chi connectivity index (χ4v) is 0.757. The van der Waals surface area contributed by atoms with Crippen molar-refractivity contribution >= 4 is 11.7 Å². The van der Waals surface area contributed by atoms with Crippen LogP contribution in [0.1, 0.15) is 6.92 Å². The number of nitrogens with two attached hydrogens (primary N) is 1. The monoisotopic (exact) mass is 203 g/mol. The van der Waals surface area contributed by atoms with Gasteiger partial charge in [0.1, 0.15) is 5.78 Å². The van der Waals surface area contributed by atoms with Gasteiger partial charge in [-0.1, -0.05) is 0 Å². The van der Waals surface area contributed by atoms with Crippen molar-refractivity contribution < 1.29 is 9.59 Å². The lowest BCUT2D eigenvalue weighted by Crippen LogP contribution is -2.27. The summed E-state index contributed by atoms with van der Waals surface area (Å²) in [4.78, 5) is 23.8. The summed E-state index contributed by atoms with van der Waals surface area (Å²) in [6.45, 7) is 2.47. The Bertz CT molecular complexity index is 159. The fraction of sp³-hybridized carbons (Fsp3) is 0.778. The highest BCUT2D eigenvalue weighted by atomic mass is 16.1. The van der Waals surface area contributed by atoms with E-state index in [1.165, 1.54) is 0 Å². The molecule has 0 radical (unpaired) electrons. The molecular weight excluding hydrogens is 182 g/mol. The van der Waals surface area contributed by atoms with E-state index in [9.17, 15) is 9.59 Å². The van der Waals surface area contributed by atoms with Gasteiger partial charge in [-0.15, -0.1) is 0 Å². The van der Waals surface area contributed by atoms with E-state index in [1.807, 2.05) is 19.0 Å². The third-order valence-electron chi connectivity index (χ3n) is 1.01. The normalized spacial score (nSPS) is 9.64. The molecule has 0 aliphatic rings. The number of hydrogen-bond acceptors (Lipinski definition) is 4. The number of nitrogens with zero attached hydrogens (tertiary/aromatic N) is 2. The smallest absolute Gasteiger partial charge is 0.231 e. The number of primary amides is 1. The van der Waals surface area contributed by atoms with E-state index in [0.29, 0.717) is 13.1 Å². The molecule has 1 amide bonds. The van der Waals surface area contributed by atoms with E-state index in [0.717, 1.165) is 0 Å². The summed E-state index contributed by atoms with van der Waals surface area (Å²) in [5, 5.41) is 0. The van der Waals surface area contributed by atoms with Crippen LogP contribution in [-0.2, 0) is 9.59 Å². The van der Waals surface area contributed by atoms with Crippen molar-refractivity contribution in [2.45, 2.75) is 6.92 Å². The van der Waals surface area contributed by atoms with Crippen molar-refractivity contribution in [3.8, 4) is 0 Å². The molecule has 0 atom stereocenters. The first-order chi connectivity index (χ1) is 6.25. The number of amides is 1. The maximum absolute atomic E-state index is 10.2. The molecule has 84 valence electrons. The van der Waals surface area contributed by atoms with Crippen LogP contribution < -0.4 is 5.73 Å². The summed E-state index contributed by atoms with van der Waals surface area (Å²) in [7, 11) is 7.35. The van der Waals surface area contributed by atoms with Gasteiger partial charge in [0.05, 0.1) is 13.1 Å². The molecule has 0 spiro atoms. The summed E-state index contributed by atoms with van der Waals surface area (Å²) in [6, 6.07) is 0. The van der Waals surface area contributed by atoms with E-state index in [4.69, 9.17) is 5.73 Å². The molecule has 0 aromatic rings. The van der Waals surface area contributed by atoms with Gasteiger partial charge in [-0.3, -0.25) is 9.59 Å². The summed E-state index contributed by atoms with van der Waals surface area (Å²) in [5.41, 5.74) is 4.81. The lowest BCUT2D eigenvalue weighted by atomic mass is 10.4. The maximum Gasteiger partial charge on any atom is 0.231 e. The number of carbonyl (C=O) groups excluding carboxylic acids is 2. The minimum atomic E-state index is -0.287. The zero-order valence-electron chi connectivity index (χ0n) is 9.70. The predicted molar refractivity (Wildman–Crippen MR) is 57.0 cm³/mol. The van der Waals surface area contributed by atoms with Crippen molar-refractivity contribution in [3.63, 3.8) is 0 Å². The van der Waals surface area contributed by atoms with Gasteiger partial charge in [0.2, 0.25) is 5.91 Å². The van der Waals surface area contributed by atoms with Gasteiger partial charge in [0, 0.05) is 0 Å². The zero-order valence-corrected chi connectivity index (χ0v) is 9.70. The highest BCUT2D eigenvalue weighted by Crippen LogP contribution is 1.72. The molecule has 0 rings (SSSR count). The Kier molecular flexibility index (Phi) is 9.59. The highest BCUT2D eigenvalue weighted by molar-refractivity contribution is 5.77. The number of likely N-dealkylation sites (N-methyl/N-ethyl adjacent to an activating group) is 2. The number of Topliss-reactive ketones (excluding diaryl/α,β-unsaturated/α-hetero) is 1. The van der Waals surface area contributed by atoms with E-state index >= 15 is 0 Å². The Labute approximate surface area is 85.8 Å². The summed E-state index contributed by atoms with van der Waals surface area (Å²) >= 11 is 0. The predicted octanol–water partition coefficient (Wildman–Crippen LogP) is -0.830. The molecule has 0 aromatic carbocycles. The van der Waals surface area contributed by atoms with Crippen LogP contribution >= 0.6 is 0 Å². The maximum atomic E-state index is 10.2. The van der Waals surface area contributed by atoms with E-state index in [2.05, 4.69) is 0 Å². The first kappa shape index (κ1) is 15.5. The standard InChI is InChI=1S/C5H11NO.C4H10N2O/c1-5(7)4-6(2)3;1-6(2)3-4(5)7/h4H2,1-3H3;3H2,1-2H3,(H2,5,7). The molecule has 0 unspecified atom stereocenters. The molecule has 0 bridgehead atoms. The molecule has 0 aliphatic heterocycles. The molecule has 0 saturated heterocycles. The van der Waals surface area contributed by atoms with Gasteiger partial charge >= 0.3 is 0 Å². The molecule has 0 fully saturated rings. The van der Waals surface area contributed by atoms with Crippen LogP contribution in [0.2, 0.25) is 0 Å². The van der Waals surface area contributed by atoms with Gasteiger partial charge in [-0.2, -0.15) is 0 Å². The molecule has 2 N–H and O–H groups in total. The molecule has 5 heteroatoms. The Morgan fingerprint density at radius 2 is 1.36 bits per heavy atom. The summed E-state index contributed by atoms with van der Waals surface area (Å²) in [6.07, 6.45) is 0. The molecule has 0 aromatic heterocycles. The lowest BCUT2D eigenvalue weighted by Gasteiger charge is -2.03. The largest absolute Gasteiger partial charge is 0.369 e. The molecule has 14 heavy (non-hydrogen) atoms. The van der Waals surface area contributed by atoms with Gasteiger partial charge in [0.15, 0.2) is 0 Å². The first-order valence-corrected chi connectivity index (χ1v) is 4.33. The second-order valence-corrected chi connectivity index (χ2v) is 3.64. The molecular formula is C9H21N3O2. The SMILES string of the molecule is CC(=O)CN(C)C.CN(C)CC(N)=O. The minimum absolute atomic E-state index is 0.213. The third-order valence-corrected chi connectivity index (χ3v) is 1.01. The van der Waals surface area contributed by atoms with Crippen molar-refractivity contribution in [3.05, 3.63) is 0 Å². The van der Waals surface area contributed by atoms with Crippen molar-refractivity contribution in [1.82, 2.24) is 9.80 Å². The van der Waals surface area contributed by atoms with E-state index < -0.39 is 0 Å². The molecule has 0 heterocycles. The number of carbonyl (C=O) groups is 2. The Morgan fingerprint density at radius 1 is 1.00 bits per heavy atom. The van der Waals surface area contributed by atoms with Crippen LogP contribution in [0.3, 0.4) is 0 Å². The minimum Gasteiger partial charge on any atom is -0.369 e. The van der Waals surface area contributed by atoms with Crippen LogP contribution in [0, 0.1) is 0 Å². The topological polar surface area (TPSA) is 66.6 Å². The van der Waals surface area contributed by atoms with Crippen LogP contribution in [0.25, 0.3) is 0 Å².